The van der Waals surface area contributed by atoms with Crippen molar-refractivity contribution in [3.63, 3.8) is 0 Å². The van der Waals surface area contributed by atoms with Crippen LogP contribution in [0.1, 0.15) is 87.8 Å². The van der Waals surface area contributed by atoms with Crippen LogP contribution in [-0.4, -0.2) is 71.6 Å². The molecule has 1 unspecified atom stereocenters. The van der Waals surface area contributed by atoms with Crippen LogP contribution in [0.2, 0.25) is 0 Å². The molecule has 0 aliphatic carbocycles. The number of ether oxygens (including phenoxy) is 1. The number of hydrogen-bond donors (Lipinski definition) is 2. The molecule has 0 aliphatic heterocycles. The topological polar surface area (TPSA) is 138 Å². The van der Waals surface area contributed by atoms with E-state index in [2.05, 4.69) is 21.2 Å². The van der Waals surface area contributed by atoms with Crippen molar-refractivity contribution in [3.05, 3.63) is 16.1 Å². The first-order valence-corrected chi connectivity index (χ1v) is 14.1. The second-order valence-electron chi connectivity index (χ2n) is 9.76. The van der Waals surface area contributed by atoms with Gasteiger partial charge < -0.3 is 20.1 Å². The molecule has 0 saturated carbocycles. The number of aliphatic imine (C=N–C) groups is 1. The Kier molecular flexibility index (Phi) is 15.2. The fraction of sp³-hybridized carbons (Fsp3) is 0.643. The van der Waals surface area contributed by atoms with E-state index in [0.717, 1.165) is 37.1 Å². The van der Waals surface area contributed by atoms with E-state index < -0.39 is 35.9 Å². The monoisotopic (exact) mass is 562 g/mol. The lowest BCUT2D eigenvalue weighted by molar-refractivity contribution is -0.148. The Labute approximate surface area is 235 Å². The number of amides is 2. The number of thiazole rings is 1. The summed E-state index contributed by atoms with van der Waals surface area (Å²) in [6, 6.07) is -0.409. The highest BCUT2D eigenvalue weighted by atomic mass is 32.1. The maximum Gasteiger partial charge on any atom is 0.355 e. The standard InChI is InChI=1S/C28H42N4O6S/c1-8-20(9-2)21(16-30-25(34)13-11-10-12-14-29-6)27(35)32(7)23(18(3)4)15-24(38-19(5)33)26-31-22(17-39-26)28(36)37/h1,16-18,20-21,23-24,29H,9-15H2,2-7H3,(H,36,37)/t20-,21?,23+,24+/m0/s1. The third-order valence-corrected chi connectivity index (χ3v) is 7.40. The van der Waals surface area contributed by atoms with E-state index in [1.54, 1.807) is 11.9 Å². The Hall–Kier alpha value is -3.10. The van der Waals surface area contributed by atoms with Crippen LogP contribution in [0.3, 0.4) is 0 Å². The number of esters is 1. The smallest absolute Gasteiger partial charge is 0.355 e. The number of carboxylic acids is 1. The molecule has 0 bridgehead atoms. The summed E-state index contributed by atoms with van der Waals surface area (Å²) in [5, 5.41) is 14.0. The van der Waals surface area contributed by atoms with Crippen molar-refractivity contribution in [1.82, 2.24) is 15.2 Å². The van der Waals surface area contributed by atoms with Gasteiger partial charge in [-0.15, -0.1) is 23.7 Å². The van der Waals surface area contributed by atoms with Gasteiger partial charge in [-0.25, -0.2) is 14.8 Å². The van der Waals surface area contributed by atoms with Gasteiger partial charge >= 0.3 is 11.9 Å². The average molecular weight is 563 g/mol. The SMILES string of the molecule is C#C[C@@H](CC)C(C=NC(=O)CCCCCNC)C(=O)N(C)[C@H](C[C@@H](OC(C)=O)c1nc(C(=O)O)cs1)C(C)C. The summed E-state index contributed by atoms with van der Waals surface area (Å²) >= 11 is 1.08. The molecule has 39 heavy (non-hydrogen) atoms. The van der Waals surface area contributed by atoms with E-state index >= 15 is 0 Å². The lowest BCUT2D eigenvalue weighted by Crippen LogP contribution is -2.46. The van der Waals surface area contributed by atoms with Crippen LogP contribution in [-0.2, 0) is 19.1 Å². The van der Waals surface area contributed by atoms with Crippen LogP contribution >= 0.6 is 11.3 Å². The van der Waals surface area contributed by atoms with Crippen molar-refractivity contribution in [3.8, 4) is 12.3 Å². The number of aromatic carboxylic acids is 1. The van der Waals surface area contributed by atoms with Gasteiger partial charge in [-0.2, -0.15) is 0 Å². The summed E-state index contributed by atoms with van der Waals surface area (Å²) in [4.78, 5) is 59.1. The number of hydrogen-bond acceptors (Lipinski definition) is 8. The Morgan fingerprint density at radius 2 is 1.97 bits per heavy atom. The Balaban J connectivity index is 3.16. The van der Waals surface area contributed by atoms with Crippen molar-refractivity contribution < 1.29 is 29.0 Å². The highest BCUT2D eigenvalue weighted by Crippen LogP contribution is 2.31. The molecule has 4 atom stereocenters. The van der Waals surface area contributed by atoms with Crippen molar-refractivity contribution >= 4 is 41.3 Å². The van der Waals surface area contributed by atoms with Gasteiger partial charge in [0.25, 0.3) is 0 Å². The molecule has 2 amide bonds. The van der Waals surface area contributed by atoms with Crippen molar-refractivity contribution in [1.29, 1.82) is 0 Å². The molecule has 0 aliphatic rings. The third kappa shape index (κ3) is 11.3. The zero-order valence-electron chi connectivity index (χ0n) is 23.8. The molecule has 1 aromatic heterocycles. The molecule has 0 spiro atoms. The molecule has 1 aromatic rings. The first-order valence-electron chi connectivity index (χ1n) is 13.3. The van der Waals surface area contributed by atoms with Gasteiger partial charge in [0.1, 0.15) is 5.01 Å². The first-order chi connectivity index (χ1) is 18.5. The van der Waals surface area contributed by atoms with Gasteiger partial charge in [0.15, 0.2) is 11.8 Å². The highest BCUT2D eigenvalue weighted by Gasteiger charge is 2.35. The van der Waals surface area contributed by atoms with Crippen LogP contribution in [0.15, 0.2) is 10.4 Å². The molecule has 11 heteroatoms. The fourth-order valence-corrected chi connectivity index (χ4v) is 5.06. The van der Waals surface area contributed by atoms with Crippen LogP contribution in [0.5, 0.6) is 0 Å². The number of aromatic nitrogens is 1. The molecular formula is C28H42N4O6S. The summed E-state index contributed by atoms with van der Waals surface area (Å²) in [6.07, 6.45) is 9.90. The van der Waals surface area contributed by atoms with Crippen LogP contribution in [0.25, 0.3) is 0 Å². The van der Waals surface area contributed by atoms with Crippen LogP contribution in [0, 0.1) is 30.1 Å². The molecule has 10 nitrogen and oxygen atoms in total. The van der Waals surface area contributed by atoms with Gasteiger partial charge in [0.2, 0.25) is 11.8 Å². The number of carbonyl (C=O) groups excluding carboxylic acids is 3. The van der Waals surface area contributed by atoms with E-state index in [9.17, 15) is 24.3 Å². The van der Waals surface area contributed by atoms with Crippen molar-refractivity contribution in [2.75, 3.05) is 20.6 Å². The summed E-state index contributed by atoms with van der Waals surface area (Å²) in [5.41, 5.74) is -0.138. The fourth-order valence-electron chi connectivity index (χ4n) is 4.23. The van der Waals surface area contributed by atoms with E-state index in [0.29, 0.717) is 17.8 Å². The number of carboxylic acid groups (broad SMARTS) is 1. The van der Waals surface area contributed by atoms with E-state index in [-0.39, 0.29) is 29.8 Å². The molecular weight excluding hydrogens is 520 g/mol. The molecule has 1 heterocycles. The summed E-state index contributed by atoms with van der Waals surface area (Å²) in [7, 11) is 3.53. The number of terminal acetylenes is 1. The maximum atomic E-state index is 13.7. The summed E-state index contributed by atoms with van der Waals surface area (Å²) in [6.45, 7) is 7.90. The predicted molar refractivity (Wildman–Crippen MR) is 152 cm³/mol. The minimum atomic E-state index is -1.18. The maximum absolute atomic E-state index is 13.7. The lowest BCUT2D eigenvalue weighted by Gasteiger charge is -2.35. The second-order valence-corrected chi connectivity index (χ2v) is 10.7. The molecule has 0 saturated heterocycles. The van der Waals surface area contributed by atoms with Crippen molar-refractivity contribution in [2.24, 2.45) is 22.7 Å². The second kappa shape index (κ2) is 17.5. The molecule has 216 valence electrons. The van der Waals surface area contributed by atoms with Gasteiger partial charge in [-0.3, -0.25) is 14.4 Å². The highest BCUT2D eigenvalue weighted by molar-refractivity contribution is 7.09. The zero-order chi connectivity index (χ0) is 29.5. The number of carbonyl (C=O) groups is 4. The summed E-state index contributed by atoms with van der Waals surface area (Å²) in [5.74, 6) is -0.964. The normalized spacial score (nSPS) is 14.4. The third-order valence-electron chi connectivity index (χ3n) is 6.46. The zero-order valence-corrected chi connectivity index (χ0v) is 24.6. The molecule has 0 radical (unpaired) electrons. The Morgan fingerprint density at radius 3 is 2.49 bits per heavy atom. The molecule has 2 N–H and O–H groups in total. The average Bonchev–Trinajstić information content (AvgIpc) is 3.38. The predicted octanol–water partition coefficient (Wildman–Crippen LogP) is 3.97. The quantitative estimate of drug-likeness (QED) is 0.126. The number of rotatable bonds is 17. The van der Waals surface area contributed by atoms with Crippen LogP contribution in [0.4, 0.5) is 0 Å². The Morgan fingerprint density at radius 1 is 1.28 bits per heavy atom. The minimum absolute atomic E-state index is 0.0568. The lowest BCUT2D eigenvalue weighted by atomic mass is 9.88. The minimum Gasteiger partial charge on any atom is -0.476 e. The van der Waals surface area contributed by atoms with Crippen LogP contribution < -0.4 is 5.32 Å². The van der Waals surface area contributed by atoms with E-state index in [1.165, 1.54) is 18.5 Å². The van der Waals surface area contributed by atoms with Gasteiger partial charge in [0, 0.05) is 50.4 Å². The van der Waals surface area contributed by atoms with E-state index in [4.69, 9.17) is 11.2 Å². The molecule has 0 aromatic carbocycles. The van der Waals surface area contributed by atoms with E-state index in [1.807, 2.05) is 27.8 Å². The number of unbranched alkanes of at least 4 members (excludes halogenated alkanes) is 2. The Bertz CT molecular complexity index is 1030. The van der Waals surface area contributed by atoms with Gasteiger partial charge in [-0.05, 0) is 38.8 Å². The first kappa shape index (κ1) is 33.9. The van der Waals surface area contributed by atoms with Gasteiger partial charge in [0.05, 0.1) is 5.92 Å². The summed E-state index contributed by atoms with van der Waals surface area (Å²) < 4.78 is 5.50. The van der Waals surface area contributed by atoms with Crippen molar-refractivity contribution in [2.45, 2.75) is 78.4 Å². The number of nitrogens with zero attached hydrogens (tertiary/aromatic N) is 3. The molecule has 1 rings (SSSR count). The number of nitrogens with one attached hydrogen (secondary N) is 1. The van der Waals surface area contributed by atoms with Gasteiger partial charge in [-0.1, -0.05) is 27.2 Å². The largest absolute Gasteiger partial charge is 0.476 e. The molecule has 0 fully saturated rings.